The molecule has 21 heavy (non-hydrogen) atoms. The molecular formula is C15H31NO5. The number of aliphatic hydroxyl groups is 1. The quantitative estimate of drug-likeness (QED) is 0.572. The number of carbonyl (C=O) groups is 1. The highest BCUT2D eigenvalue weighted by atomic mass is 16.6. The van der Waals surface area contributed by atoms with Crippen LogP contribution in [0.3, 0.4) is 0 Å². The van der Waals surface area contributed by atoms with Gasteiger partial charge in [0.05, 0.1) is 26.4 Å². The molecule has 0 aliphatic rings. The lowest BCUT2D eigenvalue weighted by atomic mass is 10.1. The van der Waals surface area contributed by atoms with Crippen molar-refractivity contribution in [3.8, 4) is 0 Å². The number of rotatable bonds is 11. The monoisotopic (exact) mass is 305 g/mol. The molecule has 126 valence electrons. The number of amides is 1. The smallest absolute Gasteiger partial charge is 0.407 e. The summed E-state index contributed by atoms with van der Waals surface area (Å²) in [6, 6.07) is 0.0585. The number of carbonyl (C=O) groups excluding carboxylic acids is 1. The van der Waals surface area contributed by atoms with Gasteiger partial charge in [0.25, 0.3) is 0 Å². The molecule has 0 aromatic rings. The third-order valence-electron chi connectivity index (χ3n) is 2.58. The lowest BCUT2D eigenvalue weighted by molar-refractivity contribution is 0.0285. The third-order valence-corrected chi connectivity index (χ3v) is 2.58. The summed E-state index contributed by atoms with van der Waals surface area (Å²) in [5.74, 6) is 0. The predicted molar refractivity (Wildman–Crippen MR) is 81.4 cm³/mol. The zero-order valence-electron chi connectivity index (χ0n) is 13.8. The van der Waals surface area contributed by atoms with Gasteiger partial charge in [0, 0.05) is 12.6 Å². The Balaban J connectivity index is 3.83. The molecule has 2 N–H and O–H groups in total. The van der Waals surface area contributed by atoms with E-state index in [0.29, 0.717) is 26.4 Å². The Morgan fingerprint density at radius 2 is 1.71 bits per heavy atom. The Morgan fingerprint density at radius 3 is 2.24 bits per heavy atom. The minimum Gasteiger partial charge on any atom is -0.444 e. The van der Waals surface area contributed by atoms with Crippen molar-refractivity contribution in [3.63, 3.8) is 0 Å². The zero-order chi connectivity index (χ0) is 16.1. The van der Waals surface area contributed by atoms with Crippen molar-refractivity contribution < 1.29 is 24.1 Å². The SMILES string of the molecule is CCCC(CCOCCOCCO)NC(=O)OC(C)(C)C. The second-order valence-electron chi connectivity index (χ2n) is 5.87. The summed E-state index contributed by atoms with van der Waals surface area (Å²) in [5.41, 5.74) is -0.485. The van der Waals surface area contributed by atoms with Gasteiger partial charge >= 0.3 is 6.09 Å². The Kier molecular flexibility index (Phi) is 11.3. The van der Waals surface area contributed by atoms with Crippen LogP contribution >= 0.6 is 0 Å². The largest absolute Gasteiger partial charge is 0.444 e. The van der Waals surface area contributed by atoms with Crippen LogP contribution in [-0.2, 0) is 14.2 Å². The fourth-order valence-electron chi connectivity index (χ4n) is 1.72. The molecule has 0 aromatic carbocycles. The van der Waals surface area contributed by atoms with E-state index in [9.17, 15) is 4.79 Å². The second-order valence-corrected chi connectivity index (χ2v) is 5.87. The van der Waals surface area contributed by atoms with Crippen molar-refractivity contribution in [2.75, 3.05) is 33.0 Å². The van der Waals surface area contributed by atoms with Crippen molar-refractivity contribution in [3.05, 3.63) is 0 Å². The first-order valence-electron chi connectivity index (χ1n) is 7.65. The van der Waals surface area contributed by atoms with Crippen molar-refractivity contribution in [1.29, 1.82) is 0 Å². The average molecular weight is 305 g/mol. The summed E-state index contributed by atoms with van der Waals surface area (Å²) >= 11 is 0. The Labute approximate surface area is 128 Å². The maximum Gasteiger partial charge on any atom is 0.407 e. The summed E-state index contributed by atoms with van der Waals surface area (Å²) in [6.45, 7) is 9.49. The fraction of sp³-hybridized carbons (Fsp3) is 0.933. The lowest BCUT2D eigenvalue weighted by Gasteiger charge is -2.23. The molecule has 1 unspecified atom stereocenters. The molecule has 0 fully saturated rings. The molecule has 0 aliphatic heterocycles. The van der Waals surface area contributed by atoms with E-state index in [1.54, 1.807) is 0 Å². The number of hydrogen-bond acceptors (Lipinski definition) is 5. The first kappa shape index (κ1) is 20.1. The maximum atomic E-state index is 11.7. The maximum absolute atomic E-state index is 11.7. The highest BCUT2D eigenvalue weighted by Gasteiger charge is 2.18. The summed E-state index contributed by atoms with van der Waals surface area (Å²) in [4.78, 5) is 11.7. The van der Waals surface area contributed by atoms with Crippen molar-refractivity contribution >= 4 is 6.09 Å². The van der Waals surface area contributed by atoms with Gasteiger partial charge in [-0.25, -0.2) is 4.79 Å². The summed E-state index contributed by atoms with van der Waals surface area (Å²) in [7, 11) is 0. The molecule has 0 saturated carbocycles. The van der Waals surface area contributed by atoms with Gasteiger partial charge in [0.2, 0.25) is 0 Å². The van der Waals surface area contributed by atoms with Crippen LogP contribution in [0.5, 0.6) is 0 Å². The van der Waals surface area contributed by atoms with Gasteiger partial charge in [-0.2, -0.15) is 0 Å². The predicted octanol–water partition coefficient (Wildman–Crippen LogP) is 2.10. The average Bonchev–Trinajstić information content (AvgIpc) is 2.35. The number of ether oxygens (including phenoxy) is 3. The standard InChI is InChI=1S/C15H31NO5/c1-5-6-13(16-14(18)21-15(2,3)4)7-9-19-11-12-20-10-8-17/h13,17H,5-12H2,1-4H3,(H,16,18). The van der Waals surface area contributed by atoms with Gasteiger partial charge in [0.1, 0.15) is 5.60 Å². The molecule has 6 heteroatoms. The molecule has 1 amide bonds. The molecule has 0 radical (unpaired) electrons. The van der Waals surface area contributed by atoms with Crippen LogP contribution in [0.1, 0.15) is 47.0 Å². The highest BCUT2D eigenvalue weighted by Crippen LogP contribution is 2.09. The van der Waals surface area contributed by atoms with E-state index < -0.39 is 5.60 Å². The van der Waals surface area contributed by atoms with Gasteiger partial charge in [-0.15, -0.1) is 0 Å². The van der Waals surface area contributed by atoms with E-state index in [0.717, 1.165) is 19.3 Å². The molecule has 0 aromatic heterocycles. The molecule has 6 nitrogen and oxygen atoms in total. The number of alkyl carbamates (subject to hydrolysis) is 1. The Morgan fingerprint density at radius 1 is 1.10 bits per heavy atom. The van der Waals surface area contributed by atoms with E-state index in [1.807, 2.05) is 20.8 Å². The van der Waals surface area contributed by atoms with Gasteiger partial charge in [-0.1, -0.05) is 13.3 Å². The molecule has 0 saturated heterocycles. The van der Waals surface area contributed by atoms with E-state index in [-0.39, 0.29) is 18.7 Å². The number of nitrogens with one attached hydrogen (secondary N) is 1. The molecule has 0 rings (SSSR count). The fourth-order valence-corrected chi connectivity index (χ4v) is 1.72. The van der Waals surface area contributed by atoms with Gasteiger partial charge in [-0.05, 0) is 33.6 Å². The molecule has 1 atom stereocenters. The topological polar surface area (TPSA) is 77.0 Å². The highest BCUT2D eigenvalue weighted by molar-refractivity contribution is 5.68. The lowest BCUT2D eigenvalue weighted by Crippen LogP contribution is -2.39. The summed E-state index contributed by atoms with van der Waals surface area (Å²) in [5, 5.41) is 11.4. The van der Waals surface area contributed by atoms with Crippen LogP contribution in [0.25, 0.3) is 0 Å². The molecule has 0 aliphatic carbocycles. The van der Waals surface area contributed by atoms with Gasteiger partial charge in [0.15, 0.2) is 0 Å². The minimum absolute atomic E-state index is 0.0262. The summed E-state index contributed by atoms with van der Waals surface area (Å²) in [6.07, 6.45) is 2.24. The van der Waals surface area contributed by atoms with E-state index in [1.165, 1.54) is 0 Å². The van der Waals surface area contributed by atoms with Crippen LogP contribution in [0.4, 0.5) is 4.79 Å². The number of hydrogen-bond donors (Lipinski definition) is 2. The van der Waals surface area contributed by atoms with Crippen molar-refractivity contribution in [2.45, 2.75) is 58.6 Å². The first-order chi connectivity index (χ1) is 9.89. The second kappa shape index (κ2) is 11.8. The number of aliphatic hydroxyl groups excluding tert-OH is 1. The summed E-state index contributed by atoms with van der Waals surface area (Å²) < 4.78 is 15.8. The van der Waals surface area contributed by atoms with Crippen molar-refractivity contribution in [2.24, 2.45) is 0 Å². The normalized spacial score (nSPS) is 13.0. The van der Waals surface area contributed by atoms with E-state index in [4.69, 9.17) is 19.3 Å². The van der Waals surface area contributed by atoms with Gasteiger partial charge in [-0.3, -0.25) is 0 Å². The first-order valence-corrected chi connectivity index (χ1v) is 7.65. The molecular weight excluding hydrogens is 274 g/mol. The van der Waals surface area contributed by atoms with Crippen molar-refractivity contribution in [1.82, 2.24) is 5.32 Å². The molecule has 0 spiro atoms. The van der Waals surface area contributed by atoms with Crippen LogP contribution in [0.15, 0.2) is 0 Å². The zero-order valence-corrected chi connectivity index (χ0v) is 13.8. The van der Waals surface area contributed by atoms with E-state index in [2.05, 4.69) is 12.2 Å². The molecule has 0 heterocycles. The van der Waals surface area contributed by atoms with Gasteiger partial charge < -0.3 is 24.6 Å². The third kappa shape index (κ3) is 13.9. The van der Waals surface area contributed by atoms with Crippen LogP contribution in [0, 0.1) is 0 Å². The Bertz CT molecular complexity index is 265. The van der Waals surface area contributed by atoms with E-state index >= 15 is 0 Å². The molecule has 0 bridgehead atoms. The van der Waals surface area contributed by atoms with Crippen LogP contribution < -0.4 is 5.32 Å². The minimum atomic E-state index is -0.485. The van der Waals surface area contributed by atoms with Crippen LogP contribution in [-0.4, -0.2) is 55.9 Å². The Hall–Kier alpha value is -0.850. The van der Waals surface area contributed by atoms with Crippen LogP contribution in [0.2, 0.25) is 0 Å².